The van der Waals surface area contributed by atoms with Crippen molar-refractivity contribution in [2.24, 2.45) is 0 Å². The average molecular weight is 237 g/mol. The van der Waals surface area contributed by atoms with Gasteiger partial charge in [0.2, 0.25) is 11.8 Å². The van der Waals surface area contributed by atoms with Crippen LogP contribution in [0.1, 0.15) is 6.92 Å². The highest BCUT2D eigenvalue weighted by atomic mass is 16.2. The van der Waals surface area contributed by atoms with Crippen molar-refractivity contribution >= 4 is 17.6 Å². The molecule has 1 atom stereocenters. The van der Waals surface area contributed by atoms with Crippen LogP contribution < -0.4 is 11.1 Å². The van der Waals surface area contributed by atoms with Gasteiger partial charge in [0.25, 0.3) is 0 Å². The average Bonchev–Trinajstić information content (AvgIpc) is 2.67. The number of rotatable bonds is 3. The van der Waals surface area contributed by atoms with Crippen LogP contribution in [0, 0.1) is 0 Å². The monoisotopic (exact) mass is 237 g/mol. The van der Waals surface area contributed by atoms with Crippen molar-refractivity contribution in [3.63, 3.8) is 0 Å². The number of nitrogens with zero attached hydrogens (tertiary/aromatic N) is 3. The molecule has 1 aliphatic heterocycles. The summed E-state index contributed by atoms with van der Waals surface area (Å²) in [4.78, 5) is 24.5. The van der Waals surface area contributed by atoms with Crippen molar-refractivity contribution in [3.8, 4) is 0 Å². The van der Waals surface area contributed by atoms with Crippen molar-refractivity contribution in [2.75, 3.05) is 18.8 Å². The van der Waals surface area contributed by atoms with E-state index in [4.69, 9.17) is 5.73 Å². The smallest absolute Gasteiger partial charge is 0.243 e. The zero-order valence-electron chi connectivity index (χ0n) is 9.59. The molecule has 2 amide bonds. The van der Waals surface area contributed by atoms with E-state index < -0.39 is 0 Å². The summed E-state index contributed by atoms with van der Waals surface area (Å²) in [7, 11) is 0. The predicted octanol–water partition coefficient (Wildman–Crippen LogP) is -1.19. The van der Waals surface area contributed by atoms with Gasteiger partial charge in [0.1, 0.15) is 5.82 Å². The van der Waals surface area contributed by atoms with Gasteiger partial charge in [-0.1, -0.05) is 0 Å². The minimum atomic E-state index is -0.291. The fraction of sp³-hybridized carbons (Fsp3) is 0.500. The highest BCUT2D eigenvalue weighted by Gasteiger charge is 2.29. The van der Waals surface area contributed by atoms with E-state index in [1.165, 1.54) is 0 Å². The summed E-state index contributed by atoms with van der Waals surface area (Å²) >= 11 is 0. The number of nitrogens with two attached hydrogens (primary N) is 1. The van der Waals surface area contributed by atoms with Crippen LogP contribution in [0.5, 0.6) is 0 Å². The lowest BCUT2D eigenvalue weighted by Gasteiger charge is -2.31. The van der Waals surface area contributed by atoms with E-state index in [0.29, 0.717) is 18.9 Å². The molecular weight excluding hydrogens is 222 g/mol. The summed E-state index contributed by atoms with van der Waals surface area (Å²) in [6, 6.07) is 1.41. The number of nitrogens with one attached hydrogen (secondary N) is 1. The van der Waals surface area contributed by atoms with Crippen molar-refractivity contribution in [1.29, 1.82) is 0 Å². The van der Waals surface area contributed by atoms with Crippen molar-refractivity contribution in [3.05, 3.63) is 12.3 Å². The van der Waals surface area contributed by atoms with Crippen LogP contribution in [-0.2, 0) is 16.1 Å². The van der Waals surface area contributed by atoms with Gasteiger partial charge in [-0.15, -0.1) is 0 Å². The second-order valence-electron chi connectivity index (χ2n) is 4.06. The fourth-order valence-corrected chi connectivity index (χ4v) is 1.77. The Hall–Kier alpha value is -1.89. The molecule has 3 N–H and O–H groups in total. The maximum absolute atomic E-state index is 11.4. The molecule has 2 heterocycles. The number of hydrogen-bond acceptors (Lipinski definition) is 5. The molecule has 0 aromatic carbocycles. The molecule has 1 saturated heterocycles. The van der Waals surface area contributed by atoms with Gasteiger partial charge in [-0.3, -0.25) is 24.5 Å². The van der Waals surface area contributed by atoms with E-state index in [9.17, 15) is 9.59 Å². The lowest BCUT2D eigenvalue weighted by molar-refractivity contribution is -0.139. The summed E-state index contributed by atoms with van der Waals surface area (Å²) in [6.07, 6.45) is 1.77. The Balaban J connectivity index is 1.93. The minimum absolute atomic E-state index is 0.240. The second kappa shape index (κ2) is 4.54. The summed E-state index contributed by atoms with van der Waals surface area (Å²) in [5, 5.41) is 6.34. The largest absolute Gasteiger partial charge is 0.382 e. The van der Waals surface area contributed by atoms with Gasteiger partial charge in [-0.25, -0.2) is 0 Å². The van der Waals surface area contributed by atoms with E-state index in [0.717, 1.165) is 0 Å². The topological polar surface area (TPSA) is 93.2 Å². The normalized spacial score (nSPS) is 21.6. The third kappa shape index (κ3) is 2.62. The Morgan fingerprint density at radius 3 is 2.94 bits per heavy atom. The number of nitrogen functional groups attached to an aromatic ring is 1. The summed E-state index contributed by atoms with van der Waals surface area (Å²) in [5.41, 5.74) is 5.49. The SMILES string of the molecule is CC1C(=O)NC(=O)CN1CCn1ccc(N)n1. The molecule has 1 fully saturated rings. The van der Waals surface area contributed by atoms with Gasteiger partial charge in [-0.05, 0) is 13.0 Å². The van der Waals surface area contributed by atoms with E-state index in [2.05, 4.69) is 10.4 Å². The van der Waals surface area contributed by atoms with Crippen molar-refractivity contribution < 1.29 is 9.59 Å². The van der Waals surface area contributed by atoms with Crippen LogP contribution in [0.4, 0.5) is 5.82 Å². The third-order valence-corrected chi connectivity index (χ3v) is 2.81. The number of carbonyl (C=O) groups is 2. The summed E-state index contributed by atoms with van der Waals surface area (Å²) < 4.78 is 1.69. The molecule has 17 heavy (non-hydrogen) atoms. The number of imide groups is 1. The maximum atomic E-state index is 11.4. The maximum Gasteiger partial charge on any atom is 0.243 e. The molecule has 7 heteroatoms. The summed E-state index contributed by atoms with van der Waals surface area (Å²) in [5.74, 6) is -0.0418. The molecule has 1 aromatic rings. The standard InChI is InChI=1S/C10H15N5O2/c1-7-10(17)12-9(16)6-14(7)4-5-15-3-2-8(11)13-15/h2-3,7H,4-6H2,1H3,(H2,11,13)(H,12,16,17). The molecule has 2 rings (SSSR count). The number of anilines is 1. The van der Waals surface area contributed by atoms with Gasteiger partial charge in [0.05, 0.1) is 19.1 Å². The van der Waals surface area contributed by atoms with Gasteiger partial charge >= 0.3 is 0 Å². The highest BCUT2D eigenvalue weighted by Crippen LogP contribution is 2.05. The number of piperazine rings is 1. The molecule has 1 unspecified atom stereocenters. The summed E-state index contributed by atoms with van der Waals surface area (Å²) in [6.45, 7) is 3.20. The first-order chi connectivity index (χ1) is 8.06. The first-order valence-corrected chi connectivity index (χ1v) is 5.43. The van der Waals surface area contributed by atoms with Crippen LogP contribution in [0.2, 0.25) is 0 Å². The molecule has 0 saturated carbocycles. The Bertz CT molecular complexity index is 442. The Kier molecular flexibility index (Phi) is 3.10. The molecule has 1 aliphatic rings. The van der Waals surface area contributed by atoms with Crippen LogP contribution in [-0.4, -0.2) is 45.6 Å². The van der Waals surface area contributed by atoms with Gasteiger partial charge in [0.15, 0.2) is 0 Å². The molecule has 7 nitrogen and oxygen atoms in total. The van der Waals surface area contributed by atoms with E-state index in [1.807, 2.05) is 4.90 Å². The molecule has 0 radical (unpaired) electrons. The van der Waals surface area contributed by atoms with Crippen LogP contribution >= 0.6 is 0 Å². The van der Waals surface area contributed by atoms with Crippen LogP contribution in [0.3, 0.4) is 0 Å². The van der Waals surface area contributed by atoms with Crippen LogP contribution in [0.15, 0.2) is 12.3 Å². The van der Waals surface area contributed by atoms with Crippen LogP contribution in [0.25, 0.3) is 0 Å². The zero-order chi connectivity index (χ0) is 12.4. The quantitative estimate of drug-likeness (QED) is 0.645. The zero-order valence-corrected chi connectivity index (χ0v) is 9.59. The predicted molar refractivity (Wildman–Crippen MR) is 60.8 cm³/mol. The molecule has 0 spiro atoms. The first-order valence-electron chi connectivity index (χ1n) is 5.43. The highest BCUT2D eigenvalue weighted by molar-refractivity contribution is 6.00. The Morgan fingerprint density at radius 2 is 2.29 bits per heavy atom. The number of hydrogen-bond donors (Lipinski definition) is 2. The van der Waals surface area contributed by atoms with E-state index >= 15 is 0 Å². The van der Waals surface area contributed by atoms with Gasteiger partial charge in [0, 0.05) is 12.7 Å². The van der Waals surface area contributed by atoms with Gasteiger partial charge < -0.3 is 5.73 Å². The van der Waals surface area contributed by atoms with E-state index in [1.54, 1.807) is 23.9 Å². The fourth-order valence-electron chi connectivity index (χ4n) is 1.77. The van der Waals surface area contributed by atoms with E-state index in [-0.39, 0.29) is 24.4 Å². The van der Waals surface area contributed by atoms with Crippen molar-refractivity contribution in [2.45, 2.75) is 19.5 Å². The van der Waals surface area contributed by atoms with Gasteiger partial charge in [-0.2, -0.15) is 5.10 Å². The molecule has 92 valence electrons. The number of aromatic nitrogens is 2. The lowest BCUT2D eigenvalue weighted by Crippen LogP contribution is -2.57. The lowest BCUT2D eigenvalue weighted by atomic mass is 10.2. The molecule has 0 aliphatic carbocycles. The third-order valence-electron chi connectivity index (χ3n) is 2.81. The Morgan fingerprint density at radius 1 is 1.53 bits per heavy atom. The Labute approximate surface area is 98.6 Å². The first kappa shape index (κ1) is 11.6. The molecule has 0 bridgehead atoms. The minimum Gasteiger partial charge on any atom is -0.382 e. The second-order valence-corrected chi connectivity index (χ2v) is 4.06. The molecule has 1 aromatic heterocycles. The number of carbonyl (C=O) groups excluding carboxylic acids is 2. The molecular formula is C10H15N5O2. The van der Waals surface area contributed by atoms with Crippen molar-refractivity contribution in [1.82, 2.24) is 20.0 Å². The number of amides is 2.